The highest BCUT2D eigenvalue weighted by molar-refractivity contribution is 5.40. The number of benzene rings is 1. The van der Waals surface area contributed by atoms with E-state index in [1.165, 1.54) is 18.2 Å². The first kappa shape index (κ1) is 12.2. The average molecular weight is 241 g/mol. The molecule has 1 heterocycles. The van der Waals surface area contributed by atoms with Gasteiger partial charge in [-0.2, -0.15) is 5.26 Å². The molecule has 4 heteroatoms. The van der Waals surface area contributed by atoms with Crippen molar-refractivity contribution in [3.05, 3.63) is 58.4 Å². The highest BCUT2D eigenvalue weighted by atomic mass is 19.1. The minimum Gasteiger partial charge on any atom is -0.258 e. The van der Waals surface area contributed by atoms with Crippen molar-refractivity contribution in [1.82, 2.24) is 9.97 Å². The van der Waals surface area contributed by atoms with Gasteiger partial charge in [-0.05, 0) is 37.6 Å². The lowest BCUT2D eigenvalue weighted by molar-refractivity contribution is 0.625. The maximum atomic E-state index is 13.2. The van der Waals surface area contributed by atoms with Crippen LogP contribution in [0.3, 0.4) is 0 Å². The van der Waals surface area contributed by atoms with Crippen LogP contribution in [0.25, 0.3) is 0 Å². The molecule has 0 spiro atoms. The van der Waals surface area contributed by atoms with Gasteiger partial charge < -0.3 is 0 Å². The monoisotopic (exact) mass is 241 g/mol. The Morgan fingerprint density at radius 1 is 1.33 bits per heavy atom. The van der Waals surface area contributed by atoms with Gasteiger partial charge in [0.2, 0.25) is 0 Å². The fourth-order valence-electron chi connectivity index (χ4n) is 1.75. The van der Waals surface area contributed by atoms with Crippen molar-refractivity contribution in [2.24, 2.45) is 0 Å². The van der Waals surface area contributed by atoms with Gasteiger partial charge in [-0.3, -0.25) is 9.97 Å². The summed E-state index contributed by atoms with van der Waals surface area (Å²) in [5, 5.41) is 9.00. The zero-order chi connectivity index (χ0) is 13.1. The number of hydrogen-bond acceptors (Lipinski definition) is 3. The maximum absolute atomic E-state index is 13.2. The molecule has 0 unspecified atom stereocenters. The highest BCUT2D eigenvalue weighted by Crippen LogP contribution is 2.16. The molecule has 0 aliphatic rings. The van der Waals surface area contributed by atoms with Crippen molar-refractivity contribution in [2.75, 3.05) is 0 Å². The van der Waals surface area contributed by atoms with Crippen molar-refractivity contribution in [3.63, 3.8) is 0 Å². The molecule has 0 saturated heterocycles. The number of nitriles is 1. The Morgan fingerprint density at radius 3 is 2.83 bits per heavy atom. The Kier molecular flexibility index (Phi) is 3.33. The lowest BCUT2D eigenvalue weighted by Crippen LogP contribution is -2.02. The van der Waals surface area contributed by atoms with E-state index in [9.17, 15) is 4.39 Å². The van der Waals surface area contributed by atoms with Gasteiger partial charge in [0.25, 0.3) is 0 Å². The quantitative estimate of drug-likeness (QED) is 0.812. The first-order valence-electron chi connectivity index (χ1n) is 5.58. The summed E-state index contributed by atoms with van der Waals surface area (Å²) < 4.78 is 13.2. The third kappa shape index (κ3) is 2.51. The van der Waals surface area contributed by atoms with E-state index < -0.39 is 0 Å². The van der Waals surface area contributed by atoms with E-state index in [0.29, 0.717) is 17.5 Å². The van der Waals surface area contributed by atoms with Gasteiger partial charge >= 0.3 is 0 Å². The molecule has 0 radical (unpaired) electrons. The lowest BCUT2D eigenvalue weighted by Gasteiger charge is -2.07. The molecule has 2 aromatic rings. The van der Waals surface area contributed by atoms with Crippen molar-refractivity contribution < 1.29 is 4.39 Å². The smallest absolute Gasteiger partial charge is 0.123 e. The summed E-state index contributed by atoms with van der Waals surface area (Å²) in [6, 6.07) is 6.22. The SMILES string of the molecule is Cc1cnc(C)c(Cc2cc(F)ccc2C#N)n1. The summed E-state index contributed by atoms with van der Waals surface area (Å²) >= 11 is 0. The minimum atomic E-state index is -0.345. The molecular formula is C14H12FN3. The van der Waals surface area contributed by atoms with Crippen molar-refractivity contribution >= 4 is 0 Å². The van der Waals surface area contributed by atoms with E-state index in [4.69, 9.17) is 5.26 Å². The fraction of sp³-hybridized carbons (Fsp3) is 0.214. The second kappa shape index (κ2) is 4.92. The van der Waals surface area contributed by atoms with E-state index in [0.717, 1.165) is 17.1 Å². The zero-order valence-electron chi connectivity index (χ0n) is 10.2. The predicted molar refractivity (Wildman–Crippen MR) is 65.4 cm³/mol. The Bertz CT molecular complexity index is 629. The van der Waals surface area contributed by atoms with Gasteiger partial charge in [-0.15, -0.1) is 0 Å². The second-order valence-electron chi connectivity index (χ2n) is 4.13. The number of rotatable bonds is 2. The average Bonchev–Trinajstić information content (AvgIpc) is 2.34. The van der Waals surface area contributed by atoms with Crippen LogP contribution in [0.15, 0.2) is 24.4 Å². The molecule has 0 aliphatic carbocycles. The molecule has 3 nitrogen and oxygen atoms in total. The molecule has 0 N–H and O–H groups in total. The van der Waals surface area contributed by atoms with Crippen LogP contribution in [0.5, 0.6) is 0 Å². The Labute approximate surface area is 105 Å². The first-order valence-corrected chi connectivity index (χ1v) is 5.58. The van der Waals surface area contributed by atoms with Crippen molar-refractivity contribution in [3.8, 4) is 6.07 Å². The summed E-state index contributed by atoms with van der Waals surface area (Å²) in [5.74, 6) is -0.345. The minimum absolute atomic E-state index is 0.345. The van der Waals surface area contributed by atoms with E-state index in [1.807, 2.05) is 13.8 Å². The van der Waals surface area contributed by atoms with Crippen LogP contribution in [0.4, 0.5) is 4.39 Å². The number of aromatic nitrogens is 2. The molecule has 0 amide bonds. The third-order valence-electron chi connectivity index (χ3n) is 2.72. The Hall–Kier alpha value is -2.28. The summed E-state index contributed by atoms with van der Waals surface area (Å²) in [6.07, 6.45) is 2.11. The van der Waals surface area contributed by atoms with E-state index in [1.54, 1.807) is 6.20 Å². The second-order valence-corrected chi connectivity index (χ2v) is 4.13. The number of halogens is 1. The van der Waals surface area contributed by atoms with Crippen LogP contribution in [0, 0.1) is 31.0 Å². The Morgan fingerprint density at radius 2 is 2.11 bits per heavy atom. The van der Waals surface area contributed by atoms with Crippen molar-refractivity contribution in [1.29, 1.82) is 5.26 Å². The van der Waals surface area contributed by atoms with Crippen LogP contribution in [-0.2, 0) is 6.42 Å². The zero-order valence-corrected chi connectivity index (χ0v) is 10.2. The molecule has 18 heavy (non-hydrogen) atoms. The molecule has 0 bridgehead atoms. The molecule has 0 saturated carbocycles. The topological polar surface area (TPSA) is 49.6 Å². The van der Waals surface area contributed by atoms with Gasteiger partial charge in [0.05, 0.1) is 28.7 Å². The standard InChI is InChI=1S/C14H12FN3/c1-9-8-17-10(2)14(18-9)6-12-5-13(15)4-3-11(12)7-16/h3-5,8H,6H2,1-2H3. The molecule has 0 fully saturated rings. The first-order chi connectivity index (χ1) is 8.60. The third-order valence-corrected chi connectivity index (χ3v) is 2.72. The van der Waals surface area contributed by atoms with Gasteiger partial charge in [-0.25, -0.2) is 4.39 Å². The highest BCUT2D eigenvalue weighted by Gasteiger charge is 2.09. The van der Waals surface area contributed by atoms with Gasteiger partial charge in [0.1, 0.15) is 5.82 Å². The van der Waals surface area contributed by atoms with Crippen LogP contribution < -0.4 is 0 Å². The Balaban J connectivity index is 2.43. The predicted octanol–water partition coefficient (Wildman–Crippen LogP) is 2.70. The van der Waals surface area contributed by atoms with E-state index in [-0.39, 0.29) is 5.82 Å². The fourth-order valence-corrected chi connectivity index (χ4v) is 1.75. The summed E-state index contributed by atoms with van der Waals surface area (Å²) in [7, 11) is 0. The number of aryl methyl sites for hydroxylation is 2. The molecule has 0 aliphatic heterocycles. The summed E-state index contributed by atoms with van der Waals surface area (Å²) in [6.45, 7) is 3.71. The van der Waals surface area contributed by atoms with Crippen LogP contribution in [0.2, 0.25) is 0 Å². The summed E-state index contributed by atoms with van der Waals surface area (Å²) in [4.78, 5) is 8.59. The lowest BCUT2D eigenvalue weighted by atomic mass is 10.0. The van der Waals surface area contributed by atoms with Gasteiger partial charge in [0, 0.05) is 12.6 Å². The van der Waals surface area contributed by atoms with E-state index in [2.05, 4.69) is 16.0 Å². The van der Waals surface area contributed by atoms with Gasteiger partial charge in [-0.1, -0.05) is 0 Å². The summed E-state index contributed by atoms with van der Waals surface area (Å²) in [5.41, 5.74) is 3.50. The largest absolute Gasteiger partial charge is 0.258 e. The molecular weight excluding hydrogens is 229 g/mol. The molecule has 1 aromatic heterocycles. The normalized spacial score (nSPS) is 10.1. The van der Waals surface area contributed by atoms with Crippen LogP contribution in [0.1, 0.15) is 28.2 Å². The molecule has 2 rings (SSSR count). The van der Waals surface area contributed by atoms with Crippen molar-refractivity contribution in [2.45, 2.75) is 20.3 Å². The number of nitrogens with zero attached hydrogens (tertiary/aromatic N) is 3. The molecule has 90 valence electrons. The molecule has 0 atom stereocenters. The van der Waals surface area contributed by atoms with E-state index >= 15 is 0 Å². The van der Waals surface area contributed by atoms with Crippen LogP contribution in [-0.4, -0.2) is 9.97 Å². The number of hydrogen-bond donors (Lipinski definition) is 0. The maximum Gasteiger partial charge on any atom is 0.123 e. The van der Waals surface area contributed by atoms with Gasteiger partial charge in [0.15, 0.2) is 0 Å². The molecule has 1 aromatic carbocycles. The van der Waals surface area contributed by atoms with Crippen LogP contribution >= 0.6 is 0 Å².